The molecule has 0 unspecified atom stereocenters. The number of ketones is 1. The number of halogens is 1. The van der Waals surface area contributed by atoms with Gasteiger partial charge in [-0.1, -0.05) is 23.7 Å². The largest absolute Gasteiger partial charge is 0.489 e. The standard InChI is InChI=1S/C21H20ClNO6/c1-12(24)15-6-3-4-7-17(15)23-20(25)13(2)29-21(26)14-10-16(22)19-18(11-14)27-8-5-9-28-19/h3-4,6-7,10-11,13H,5,8-9H2,1-2H3,(H,23,25)/t13-/m1/s1. The molecule has 0 bridgehead atoms. The van der Waals surface area contributed by atoms with Crippen LogP contribution < -0.4 is 14.8 Å². The number of carbonyl (C=O) groups excluding carboxylic acids is 3. The summed E-state index contributed by atoms with van der Waals surface area (Å²) in [6.45, 7) is 3.75. The number of hydrogen-bond donors (Lipinski definition) is 1. The van der Waals surface area contributed by atoms with Crippen LogP contribution in [0.4, 0.5) is 5.69 Å². The van der Waals surface area contributed by atoms with Gasteiger partial charge in [0.15, 0.2) is 23.4 Å². The van der Waals surface area contributed by atoms with Crippen LogP contribution in [0.3, 0.4) is 0 Å². The number of hydrogen-bond acceptors (Lipinski definition) is 6. The Morgan fingerprint density at radius 2 is 1.86 bits per heavy atom. The third-order valence-electron chi connectivity index (χ3n) is 4.26. The first-order valence-electron chi connectivity index (χ1n) is 9.07. The van der Waals surface area contributed by atoms with Crippen LogP contribution in [-0.2, 0) is 9.53 Å². The van der Waals surface area contributed by atoms with Gasteiger partial charge in [-0.25, -0.2) is 4.79 Å². The molecule has 1 N–H and O–H groups in total. The lowest BCUT2D eigenvalue weighted by Crippen LogP contribution is -2.30. The van der Waals surface area contributed by atoms with E-state index in [4.69, 9.17) is 25.8 Å². The number of fused-ring (bicyclic) bond motifs is 1. The number of Topliss-reactive ketones (excluding diaryl/α,β-unsaturated/α-hetero) is 1. The molecule has 0 saturated heterocycles. The molecule has 1 aliphatic rings. The summed E-state index contributed by atoms with van der Waals surface area (Å²) in [4.78, 5) is 36.6. The Morgan fingerprint density at radius 3 is 2.62 bits per heavy atom. The van der Waals surface area contributed by atoms with Crippen molar-refractivity contribution in [3.05, 3.63) is 52.5 Å². The van der Waals surface area contributed by atoms with Crippen molar-refractivity contribution in [2.45, 2.75) is 26.4 Å². The molecule has 2 aromatic carbocycles. The molecule has 0 aliphatic carbocycles. The van der Waals surface area contributed by atoms with E-state index in [1.807, 2.05) is 0 Å². The van der Waals surface area contributed by atoms with Gasteiger partial charge in [-0.15, -0.1) is 0 Å². The van der Waals surface area contributed by atoms with Crippen molar-refractivity contribution < 1.29 is 28.6 Å². The second-order valence-electron chi connectivity index (χ2n) is 6.47. The molecule has 0 radical (unpaired) electrons. The fourth-order valence-electron chi connectivity index (χ4n) is 2.76. The number of carbonyl (C=O) groups is 3. The second-order valence-corrected chi connectivity index (χ2v) is 6.88. The molecule has 0 aromatic heterocycles. The summed E-state index contributed by atoms with van der Waals surface area (Å²) in [5.41, 5.74) is 0.864. The summed E-state index contributed by atoms with van der Waals surface area (Å²) in [7, 11) is 0. The summed E-state index contributed by atoms with van der Waals surface area (Å²) in [6, 6.07) is 9.49. The topological polar surface area (TPSA) is 90.9 Å². The number of ether oxygens (including phenoxy) is 3. The quantitative estimate of drug-likeness (QED) is 0.586. The van der Waals surface area contributed by atoms with E-state index >= 15 is 0 Å². The zero-order chi connectivity index (χ0) is 21.0. The summed E-state index contributed by atoms with van der Waals surface area (Å²) < 4.78 is 16.3. The minimum atomic E-state index is -1.10. The van der Waals surface area contributed by atoms with Crippen LogP contribution in [0.25, 0.3) is 0 Å². The smallest absolute Gasteiger partial charge is 0.339 e. The molecule has 0 fully saturated rings. The zero-order valence-electron chi connectivity index (χ0n) is 16.0. The van der Waals surface area contributed by atoms with Gasteiger partial charge in [0.1, 0.15) is 0 Å². The predicted octanol–water partition coefficient (Wildman–Crippen LogP) is 3.89. The number of benzene rings is 2. The fourth-order valence-corrected chi connectivity index (χ4v) is 3.03. The van der Waals surface area contributed by atoms with Crippen LogP contribution in [0.1, 0.15) is 41.0 Å². The monoisotopic (exact) mass is 417 g/mol. The van der Waals surface area contributed by atoms with Crippen LogP contribution in [0.5, 0.6) is 11.5 Å². The van der Waals surface area contributed by atoms with E-state index in [-0.39, 0.29) is 16.4 Å². The number of para-hydroxylation sites is 1. The average molecular weight is 418 g/mol. The molecule has 152 valence electrons. The number of esters is 1. The molecule has 0 saturated carbocycles. The summed E-state index contributed by atoms with van der Waals surface area (Å²) >= 11 is 6.19. The second kappa shape index (κ2) is 8.96. The normalized spacial score (nSPS) is 13.8. The zero-order valence-corrected chi connectivity index (χ0v) is 16.7. The van der Waals surface area contributed by atoms with Gasteiger partial charge < -0.3 is 19.5 Å². The minimum absolute atomic E-state index is 0.142. The van der Waals surface area contributed by atoms with Gasteiger partial charge >= 0.3 is 5.97 Å². The molecule has 0 spiro atoms. The van der Waals surface area contributed by atoms with E-state index in [0.29, 0.717) is 42.4 Å². The molecular formula is C21H20ClNO6. The number of rotatable bonds is 5. The minimum Gasteiger partial charge on any atom is -0.489 e. The van der Waals surface area contributed by atoms with E-state index in [0.717, 1.165) is 0 Å². The predicted molar refractivity (Wildman–Crippen MR) is 107 cm³/mol. The molecule has 1 aliphatic heterocycles. The Kier molecular flexibility index (Phi) is 6.39. The van der Waals surface area contributed by atoms with Crippen LogP contribution >= 0.6 is 11.6 Å². The fraction of sp³-hybridized carbons (Fsp3) is 0.286. The molecule has 1 heterocycles. The third-order valence-corrected chi connectivity index (χ3v) is 4.54. The van der Waals surface area contributed by atoms with Gasteiger partial charge in [0.05, 0.1) is 29.5 Å². The van der Waals surface area contributed by atoms with Crippen LogP contribution in [-0.4, -0.2) is 37.0 Å². The van der Waals surface area contributed by atoms with Crippen LogP contribution in [0.15, 0.2) is 36.4 Å². The first-order valence-corrected chi connectivity index (χ1v) is 9.45. The Bertz CT molecular complexity index is 958. The van der Waals surface area contributed by atoms with Crippen molar-refractivity contribution in [2.75, 3.05) is 18.5 Å². The Morgan fingerprint density at radius 1 is 1.14 bits per heavy atom. The van der Waals surface area contributed by atoms with Gasteiger partial charge in [-0.3, -0.25) is 9.59 Å². The number of amides is 1. The van der Waals surface area contributed by atoms with Gasteiger partial charge in [-0.05, 0) is 38.1 Å². The van der Waals surface area contributed by atoms with Crippen LogP contribution in [0, 0.1) is 0 Å². The van der Waals surface area contributed by atoms with Gasteiger partial charge in [0.25, 0.3) is 5.91 Å². The van der Waals surface area contributed by atoms with Crippen LogP contribution in [0.2, 0.25) is 5.02 Å². The highest BCUT2D eigenvalue weighted by Crippen LogP contribution is 2.38. The maximum Gasteiger partial charge on any atom is 0.339 e. The van der Waals surface area contributed by atoms with Crippen molar-refractivity contribution in [3.8, 4) is 11.5 Å². The molecule has 1 atom stereocenters. The van der Waals surface area contributed by atoms with E-state index in [2.05, 4.69) is 5.32 Å². The maximum atomic E-state index is 12.5. The first kappa shape index (κ1) is 20.7. The van der Waals surface area contributed by atoms with E-state index < -0.39 is 18.0 Å². The Balaban J connectivity index is 1.71. The van der Waals surface area contributed by atoms with Gasteiger partial charge in [-0.2, -0.15) is 0 Å². The van der Waals surface area contributed by atoms with E-state index in [1.165, 1.54) is 26.0 Å². The Labute approximate surface area is 172 Å². The van der Waals surface area contributed by atoms with Crippen molar-refractivity contribution in [2.24, 2.45) is 0 Å². The highest BCUT2D eigenvalue weighted by atomic mass is 35.5. The average Bonchev–Trinajstić information content (AvgIpc) is 2.94. The lowest BCUT2D eigenvalue weighted by atomic mass is 10.1. The van der Waals surface area contributed by atoms with Crippen molar-refractivity contribution >= 4 is 34.9 Å². The number of nitrogens with one attached hydrogen (secondary N) is 1. The molecule has 8 heteroatoms. The number of anilines is 1. The first-order chi connectivity index (χ1) is 13.9. The lowest BCUT2D eigenvalue weighted by Gasteiger charge is -2.16. The molecule has 1 amide bonds. The summed E-state index contributed by atoms with van der Waals surface area (Å²) in [5.74, 6) is -0.744. The highest BCUT2D eigenvalue weighted by molar-refractivity contribution is 6.32. The van der Waals surface area contributed by atoms with Crippen molar-refractivity contribution in [3.63, 3.8) is 0 Å². The lowest BCUT2D eigenvalue weighted by molar-refractivity contribution is -0.123. The van der Waals surface area contributed by atoms with Gasteiger partial charge in [0.2, 0.25) is 0 Å². The van der Waals surface area contributed by atoms with E-state index in [9.17, 15) is 14.4 Å². The highest BCUT2D eigenvalue weighted by Gasteiger charge is 2.23. The van der Waals surface area contributed by atoms with E-state index in [1.54, 1.807) is 24.3 Å². The summed E-state index contributed by atoms with van der Waals surface area (Å²) in [6.07, 6.45) is -0.402. The van der Waals surface area contributed by atoms with Crippen molar-refractivity contribution in [1.82, 2.24) is 0 Å². The maximum absolute atomic E-state index is 12.5. The molecular weight excluding hydrogens is 398 g/mol. The molecule has 2 aromatic rings. The Hall–Kier alpha value is -3.06. The van der Waals surface area contributed by atoms with Crippen molar-refractivity contribution in [1.29, 1.82) is 0 Å². The molecule has 29 heavy (non-hydrogen) atoms. The van der Waals surface area contributed by atoms with Gasteiger partial charge in [0, 0.05) is 12.0 Å². The SMILES string of the molecule is CC(=O)c1ccccc1NC(=O)[C@@H](C)OC(=O)c1cc(Cl)c2c(c1)OCCCO2. The third kappa shape index (κ3) is 4.86. The molecule has 3 rings (SSSR count). The molecule has 7 nitrogen and oxygen atoms in total. The summed E-state index contributed by atoms with van der Waals surface area (Å²) in [5, 5.41) is 2.84.